The van der Waals surface area contributed by atoms with Crippen molar-refractivity contribution in [3.63, 3.8) is 0 Å². The van der Waals surface area contributed by atoms with Crippen LogP contribution in [-0.2, 0) is 11.3 Å². The molecule has 0 saturated heterocycles. The van der Waals surface area contributed by atoms with Crippen LogP contribution in [0.1, 0.15) is 38.4 Å². The maximum atomic E-state index is 13.7. The lowest BCUT2D eigenvalue weighted by molar-refractivity contribution is -0.135. The van der Waals surface area contributed by atoms with Crippen molar-refractivity contribution < 1.29 is 28.3 Å². The molecule has 3 N–H and O–H groups in total. The van der Waals surface area contributed by atoms with Crippen molar-refractivity contribution in [3.8, 4) is 0 Å². The van der Waals surface area contributed by atoms with E-state index in [9.17, 15) is 28.3 Å². The summed E-state index contributed by atoms with van der Waals surface area (Å²) in [5.74, 6) is -3.86. The number of amides is 1. The number of carbonyl (C=O) groups excluding carboxylic acids is 2. The van der Waals surface area contributed by atoms with Crippen LogP contribution < -0.4 is 5.73 Å². The molecule has 3 aromatic rings. The van der Waals surface area contributed by atoms with Gasteiger partial charge in [-0.15, -0.1) is 0 Å². The number of nitrogens with two attached hydrogens (primary N) is 1. The summed E-state index contributed by atoms with van der Waals surface area (Å²) in [6.45, 7) is -0.342. The number of hydrogen-bond acceptors (Lipinski definition) is 4. The fourth-order valence-electron chi connectivity index (χ4n) is 3.83. The normalized spacial score (nSPS) is 13.3. The first kappa shape index (κ1) is 19.4. The molecule has 0 unspecified atom stereocenters. The van der Waals surface area contributed by atoms with Crippen molar-refractivity contribution in [2.45, 2.75) is 13.0 Å². The minimum absolute atomic E-state index is 0.0748. The van der Waals surface area contributed by atoms with Gasteiger partial charge in [0.15, 0.2) is 5.78 Å². The van der Waals surface area contributed by atoms with Gasteiger partial charge in [0.2, 0.25) is 5.91 Å². The van der Waals surface area contributed by atoms with Gasteiger partial charge in [0.1, 0.15) is 18.2 Å². The van der Waals surface area contributed by atoms with Crippen molar-refractivity contribution in [1.29, 1.82) is 0 Å². The highest BCUT2D eigenvalue weighted by molar-refractivity contribution is 6.26. The van der Waals surface area contributed by atoms with Crippen LogP contribution in [0.2, 0.25) is 0 Å². The van der Waals surface area contributed by atoms with E-state index >= 15 is 0 Å². The second-order valence-corrected chi connectivity index (χ2v) is 6.91. The van der Waals surface area contributed by atoms with Gasteiger partial charge in [-0.05, 0) is 29.8 Å². The third kappa shape index (κ3) is 3.24. The van der Waals surface area contributed by atoms with Crippen LogP contribution in [0.5, 0.6) is 0 Å². The Morgan fingerprint density at radius 3 is 2.50 bits per heavy atom. The van der Waals surface area contributed by atoms with Crippen molar-refractivity contribution in [2.75, 3.05) is 6.54 Å². The monoisotopic (exact) mass is 411 g/mol. The Morgan fingerprint density at radius 2 is 1.87 bits per heavy atom. The molecule has 1 amide bonds. The summed E-state index contributed by atoms with van der Waals surface area (Å²) in [5.41, 5.74) is 6.74. The quantitative estimate of drug-likeness (QED) is 0.671. The number of benzene rings is 2. The number of primary amides is 1. The number of carboxylic acid groups (broad SMARTS) is 1. The third-order valence-corrected chi connectivity index (χ3v) is 4.90. The molecule has 30 heavy (non-hydrogen) atoms. The Bertz CT molecular complexity index is 1260. The summed E-state index contributed by atoms with van der Waals surface area (Å²) in [6, 6.07) is 7.66. The van der Waals surface area contributed by atoms with Gasteiger partial charge in [-0.1, -0.05) is 6.07 Å². The maximum absolute atomic E-state index is 13.7. The van der Waals surface area contributed by atoms with E-state index in [0.29, 0.717) is 5.52 Å². The fourth-order valence-corrected chi connectivity index (χ4v) is 3.83. The summed E-state index contributed by atoms with van der Waals surface area (Å²) in [6.07, 6.45) is -0.458. The summed E-state index contributed by atoms with van der Waals surface area (Å²) < 4.78 is 29.0. The summed E-state index contributed by atoms with van der Waals surface area (Å²) in [5, 5.41) is 9.56. The third-order valence-electron chi connectivity index (χ3n) is 4.90. The Kier molecular flexibility index (Phi) is 4.65. The molecule has 0 bridgehead atoms. The van der Waals surface area contributed by atoms with Crippen LogP contribution in [-0.4, -0.2) is 39.6 Å². The number of aliphatic carboxylic acids is 1. The second kappa shape index (κ2) is 7.18. The van der Waals surface area contributed by atoms with Crippen LogP contribution >= 0.6 is 0 Å². The molecule has 4 rings (SSSR count). The van der Waals surface area contributed by atoms with Gasteiger partial charge in [0.25, 0.3) is 0 Å². The molecule has 7 nitrogen and oxygen atoms in total. The molecule has 9 heteroatoms. The topological polar surface area (TPSA) is 115 Å². The van der Waals surface area contributed by atoms with E-state index in [4.69, 9.17) is 5.73 Å². The summed E-state index contributed by atoms with van der Waals surface area (Å²) in [4.78, 5) is 40.2. The lowest BCUT2D eigenvalue weighted by Crippen LogP contribution is -2.24. The molecule has 0 saturated carbocycles. The van der Waals surface area contributed by atoms with Crippen LogP contribution in [0.3, 0.4) is 0 Å². The Morgan fingerprint density at radius 1 is 1.17 bits per heavy atom. The van der Waals surface area contributed by atoms with Crippen molar-refractivity contribution in [1.82, 2.24) is 4.57 Å². The number of carbonyl (C=O) groups is 3. The number of aliphatic imine (C=N–C) groups is 1. The van der Waals surface area contributed by atoms with E-state index in [1.807, 2.05) is 0 Å². The van der Waals surface area contributed by atoms with E-state index in [2.05, 4.69) is 4.99 Å². The first-order chi connectivity index (χ1) is 14.3. The molecule has 2 aromatic carbocycles. The molecule has 0 aliphatic carbocycles. The zero-order valence-electron chi connectivity index (χ0n) is 15.5. The van der Waals surface area contributed by atoms with Crippen LogP contribution in [0, 0.1) is 11.6 Å². The lowest BCUT2D eigenvalue weighted by atomic mass is 9.96. The molecule has 0 spiro atoms. The van der Waals surface area contributed by atoms with Gasteiger partial charge in [0.05, 0.1) is 28.9 Å². The number of hydrogen-bond donors (Lipinski definition) is 2. The predicted molar refractivity (Wildman–Crippen MR) is 104 cm³/mol. The van der Waals surface area contributed by atoms with Crippen LogP contribution in [0.4, 0.5) is 8.78 Å². The number of rotatable bonds is 5. The molecular weight excluding hydrogens is 396 g/mol. The molecule has 1 aromatic heterocycles. The lowest BCUT2D eigenvalue weighted by Gasteiger charge is -2.16. The van der Waals surface area contributed by atoms with Gasteiger partial charge in [-0.3, -0.25) is 19.4 Å². The Balaban J connectivity index is 2.05. The SMILES string of the molecule is NC(=O)c1cccc2c1c1c(n2Cc2cc(F)cc(F)c2)C(CC(=O)O)=NCC1=O. The van der Waals surface area contributed by atoms with Crippen molar-refractivity contribution in [3.05, 3.63) is 70.4 Å². The Labute approximate surface area is 168 Å². The standard InChI is InChI=1S/C21H15F2N3O4/c22-11-4-10(5-12(23)6-11)9-26-15-3-1-2-13(21(24)30)18(15)19-16(27)8-25-14(20(19)26)7-17(28)29/h1-6H,7-9H2,(H2,24,30)(H,28,29). The molecule has 2 heterocycles. The number of ketones is 1. The van der Waals surface area contributed by atoms with E-state index in [0.717, 1.165) is 18.2 Å². The van der Waals surface area contributed by atoms with Gasteiger partial charge in [-0.25, -0.2) is 8.78 Å². The molecular formula is C21H15F2N3O4. The van der Waals surface area contributed by atoms with E-state index in [-0.39, 0.29) is 46.6 Å². The fraction of sp³-hybridized carbons (Fsp3) is 0.143. The van der Waals surface area contributed by atoms with Gasteiger partial charge < -0.3 is 15.4 Å². The molecule has 0 atom stereocenters. The maximum Gasteiger partial charge on any atom is 0.309 e. The highest BCUT2D eigenvalue weighted by atomic mass is 19.1. The van der Waals surface area contributed by atoms with Crippen LogP contribution in [0.25, 0.3) is 10.9 Å². The summed E-state index contributed by atoms with van der Waals surface area (Å²) in [7, 11) is 0. The molecule has 152 valence electrons. The van der Waals surface area contributed by atoms with Gasteiger partial charge >= 0.3 is 5.97 Å². The van der Waals surface area contributed by atoms with Crippen LogP contribution in [0.15, 0.2) is 41.4 Å². The molecule has 0 radical (unpaired) electrons. The molecule has 1 aliphatic rings. The smallest absolute Gasteiger partial charge is 0.309 e. The number of Topliss-reactive ketones (excluding diaryl/α,β-unsaturated/α-hetero) is 1. The van der Waals surface area contributed by atoms with E-state index < -0.39 is 35.7 Å². The average Bonchev–Trinajstić information content (AvgIpc) is 2.98. The summed E-state index contributed by atoms with van der Waals surface area (Å²) >= 11 is 0. The number of carboxylic acids is 1. The minimum Gasteiger partial charge on any atom is -0.481 e. The van der Waals surface area contributed by atoms with E-state index in [1.54, 1.807) is 16.7 Å². The number of aromatic nitrogens is 1. The first-order valence-electron chi connectivity index (χ1n) is 8.95. The minimum atomic E-state index is -1.15. The largest absolute Gasteiger partial charge is 0.481 e. The average molecular weight is 411 g/mol. The van der Waals surface area contributed by atoms with Crippen molar-refractivity contribution >= 4 is 34.3 Å². The number of halogens is 2. The van der Waals surface area contributed by atoms with E-state index in [1.165, 1.54) is 6.07 Å². The zero-order chi connectivity index (χ0) is 21.6. The first-order valence-corrected chi connectivity index (χ1v) is 8.95. The highest BCUT2D eigenvalue weighted by Crippen LogP contribution is 2.33. The van der Waals surface area contributed by atoms with Gasteiger partial charge in [0, 0.05) is 23.6 Å². The predicted octanol–water partition coefficient (Wildman–Crippen LogP) is 2.53. The Hall–Kier alpha value is -3.88. The second-order valence-electron chi connectivity index (χ2n) is 6.91. The zero-order valence-corrected chi connectivity index (χ0v) is 15.5. The highest BCUT2D eigenvalue weighted by Gasteiger charge is 2.31. The van der Waals surface area contributed by atoms with Gasteiger partial charge in [-0.2, -0.15) is 0 Å². The van der Waals surface area contributed by atoms with Crippen molar-refractivity contribution in [2.24, 2.45) is 10.7 Å². The molecule has 1 aliphatic heterocycles. The molecule has 0 fully saturated rings. The number of nitrogens with zero attached hydrogens (tertiary/aromatic N) is 2. The number of fused-ring (bicyclic) bond motifs is 3.